The number of hydrogen-bond donors (Lipinski definition) is 2. The summed E-state index contributed by atoms with van der Waals surface area (Å²) in [7, 11) is 0. The van der Waals surface area contributed by atoms with Crippen LogP contribution in [0.5, 0.6) is 5.75 Å². The highest BCUT2D eigenvalue weighted by Gasteiger charge is 2.20. The third-order valence-electron chi connectivity index (χ3n) is 3.06. The van der Waals surface area contributed by atoms with Gasteiger partial charge in [-0.3, -0.25) is 4.79 Å². The smallest absolute Gasteiger partial charge is 0.239 e. The third kappa shape index (κ3) is 2.82. The van der Waals surface area contributed by atoms with Crippen molar-refractivity contribution in [1.29, 1.82) is 0 Å². The van der Waals surface area contributed by atoms with Crippen molar-refractivity contribution in [2.45, 2.75) is 26.3 Å². The van der Waals surface area contributed by atoms with E-state index in [0.717, 1.165) is 36.4 Å². The molecule has 1 atom stereocenters. The SMILES string of the molecule is CC(C)CNC(C(N)=O)c1ccc2c(c1)CCO2. The second-order valence-corrected chi connectivity index (χ2v) is 5.10. The molecule has 1 aromatic rings. The molecular formula is C14H20N2O2. The highest BCUT2D eigenvalue weighted by atomic mass is 16.5. The summed E-state index contributed by atoms with van der Waals surface area (Å²) in [5, 5.41) is 3.21. The second kappa shape index (κ2) is 5.40. The first-order chi connectivity index (χ1) is 8.58. The van der Waals surface area contributed by atoms with Gasteiger partial charge in [0.25, 0.3) is 0 Å². The first-order valence-corrected chi connectivity index (χ1v) is 6.36. The molecule has 98 valence electrons. The zero-order chi connectivity index (χ0) is 13.1. The molecule has 3 N–H and O–H groups in total. The number of benzene rings is 1. The maximum absolute atomic E-state index is 11.5. The average Bonchev–Trinajstić information content (AvgIpc) is 2.75. The lowest BCUT2D eigenvalue weighted by Crippen LogP contribution is -2.35. The Hall–Kier alpha value is -1.55. The average molecular weight is 248 g/mol. The van der Waals surface area contributed by atoms with Gasteiger partial charge in [-0.2, -0.15) is 0 Å². The minimum Gasteiger partial charge on any atom is -0.493 e. The van der Waals surface area contributed by atoms with Crippen LogP contribution in [0.15, 0.2) is 18.2 Å². The summed E-state index contributed by atoms with van der Waals surface area (Å²) in [6.45, 7) is 5.68. The third-order valence-corrected chi connectivity index (χ3v) is 3.06. The molecule has 1 heterocycles. The largest absolute Gasteiger partial charge is 0.493 e. The van der Waals surface area contributed by atoms with Crippen molar-refractivity contribution in [1.82, 2.24) is 5.32 Å². The zero-order valence-corrected chi connectivity index (χ0v) is 10.9. The van der Waals surface area contributed by atoms with Crippen molar-refractivity contribution in [3.8, 4) is 5.75 Å². The van der Waals surface area contributed by atoms with Crippen molar-refractivity contribution in [2.75, 3.05) is 13.2 Å². The van der Waals surface area contributed by atoms with Crippen LogP contribution in [0.3, 0.4) is 0 Å². The summed E-state index contributed by atoms with van der Waals surface area (Å²) in [6.07, 6.45) is 0.902. The molecule has 18 heavy (non-hydrogen) atoms. The monoisotopic (exact) mass is 248 g/mol. The maximum Gasteiger partial charge on any atom is 0.239 e. The fraction of sp³-hybridized carbons (Fsp3) is 0.500. The fourth-order valence-electron chi connectivity index (χ4n) is 2.12. The standard InChI is InChI=1S/C14H20N2O2/c1-9(2)8-16-13(14(15)17)11-3-4-12-10(7-11)5-6-18-12/h3-4,7,9,13,16H,5-6,8H2,1-2H3,(H2,15,17). The minimum atomic E-state index is -0.418. The van der Waals surface area contributed by atoms with E-state index < -0.39 is 6.04 Å². The molecule has 1 amide bonds. The topological polar surface area (TPSA) is 64.3 Å². The van der Waals surface area contributed by atoms with Crippen LogP contribution in [-0.4, -0.2) is 19.1 Å². The van der Waals surface area contributed by atoms with Crippen LogP contribution in [0.4, 0.5) is 0 Å². The molecule has 0 aromatic heterocycles. The Morgan fingerprint density at radius 2 is 2.28 bits per heavy atom. The molecule has 0 bridgehead atoms. The minimum absolute atomic E-state index is 0.338. The summed E-state index contributed by atoms with van der Waals surface area (Å²) in [5.41, 5.74) is 7.55. The van der Waals surface area contributed by atoms with Crippen LogP contribution in [0, 0.1) is 5.92 Å². The molecule has 1 unspecified atom stereocenters. The van der Waals surface area contributed by atoms with E-state index in [1.165, 1.54) is 0 Å². The summed E-state index contributed by atoms with van der Waals surface area (Å²) in [6, 6.07) is 5.43. The number of hydrogen-bond acceptors (Lipinski definition) is 3. The molecular weight excluding hydrogens is 228 g/mol. The molecule has 0 radical (unpaired) electrons. The highest BCUT2D eigenvalue weighted by Crippen LogP contribution is 2.28. The van der Waals surface area contributed by atoms with Crippen LogP contribution >= 0.6 is 0 Å². The van der Waals surface area contributed by atoms with Gasteiger partial charge in [-0.1, -0.05) is 19.9 Å². The van der Waals surface area contributed by atoms with Crippen molar-refractivity contribution in [2.24, 2.45) is 11.7 Å². The lowest BCUT2D eigenvalue weighted by Gasteiger charge is -2.18. The molecule has 2 rings (SSSR count). The quantitative estimate of drug-likeness (QED) is 0.827. The molecule has 4 heteroatoms. The van der Waals surface area contributed by atoms with E-state index in [1.807, 2.05) is 18.2 Å². The van der Waals surface area contributed by atoms with Crippen LogP contribution in [0.1, 0.15) is 31.0 Å². The first kappa shape index (κ1) is 12.9. The number of nitrogens with two attached hydrogens (primary N) is 1. The van der Waals surface area contributed by atoms with E-state index in [1.54, 1.807) is 0 Å². The van der Waals surface area contributed by atoms with Gasteiger partial charge in [-0.15, -0.1) is 0 Å². The normalized spacial score (nSPS) is 15.3. The van der Waals surface area contributed by atoms with E-state index in [-0.39, 0.29) is 5.91 Å². The highest BCUT2D eigenvalue weighted by molar-refractivity contribution is 5.81. The number of primary amides is 1. The van der Waals surface area contributed by atoms with E-state index in [2.05, 4.69) is 19.2 Å². The number of carbonyl (C=O) groups excluding carboxylic acids is 1. The zero-order valence-electron chi connectivity index (χ0n) is 10.9. The van der Waals surface area contributed by atoms with Gasteiger partial charge in [0.1, 0.15) is 11.8 Å². The van der Waals surface area contributed by atoms with Gasteiger partial charge in [-0.05, 0) is 35.7 Å². The van der Waals surface area contributed by atoms with Gasteiger partial charge >= 0.3 is 0 Å². The van der Waals surface area contributed by atoms with Crippen molar-refractivity contribution < 1.29 is 9.53 Å². The summed E-state index contributed by atoms with van der Waals surface area (Å²) >= 11 is 0. The van der Waals surface area contributed by atoms with Crippen LogP contribution in [0.25, 0.3) is 0 Å². The number of ether oxygens (including phenoxy) is 1. The van der Waals surface area contributed by atoms with E-state index in [4.69, 9.17) is 10.5 Å². The fourth-order valence-corrected chi connectivity index (χ4v) is 2.12. The predicted octanol–water partition coefficient (Wildman–Crippen LogP) is 1.39. The van der Waals surface area contributed by atoms with Gasteiger partial charge in [0, 0.05) is 6.42 Å². The van der Waals surface area contributed by atoms with Crippen LogP contribution in [0.2, 0.25) is 0 Å². The molecule has 0 saturated carbocycles. The molecule has 4 nitrogen and oxygen atoms in total. The summed E-state index contributed by atoms with van der Waals surface area (Å²) in [4.78, 5) is 11.5. The predicted molar refractivity (Wildman–Crippen MR) is 70.4 cm³/mol. The van der Waals surface area contributed by atoms with Crippen LogP contribution < -0.4 is 15.8 Å². The Kier molecular flexibility index (Phi) is 3.87. The van der Waals surface area contributed by atoms with E-state index >= 15 is 0 Å². The van der Waals surface area contributed by atoms with E-state index in [9.17, 15) is 4.79 Å². The summed E-state index contributed by atoms with van der Waals surface area (Å²) < 4.78 is 5.46. The molecule has 1 aliphatic heterocycles. The number of fused-ring (bicyclic) bond motifs is 1. The first-order valence-electron chi connectivity index (χ1n) is 6.36. The number of nitrogens with one attached hydrogen (secondary N) is 1. The Bertz CT molecular complexity index is 443. The second-order valence-electron chi connectivity index (χ2n) is 5.10. The molecule has 1 aromatic carbocycles. The Morgan fingerprint density at radius 1 is 1.50 bits per heavy atom. The molecule has 0 aliphatic carbocycles. The Morgan fingerprint density at radius 3 is 2.94 bits per heavy atom. The Labute approximate surface area is 108 Å². The number of carbonyl (C=O) groups is 1. The maximum atomic E-state index is 11.5. The lowest BCUT2D eigenvalue weighted by molar-refractivity contribution is -0.120. The van der Waals surface area contributed by atoms with Gasteiger partial charge in [0.15, 0.2) is 0 Å². The molecule has 1 aliphatic rings. The van der Waals surface area contributed by atoms with Gasteiger partial charge in [0.2, 0.25) is 5.91 Å². The van der Waals surface area contributed by atoms with Crippen molar-refractivity contribution >= 4 is 5.91 Å². The molecule has 0 saturated heterocycles. The number of rotatable bonds is 5. The molecule has 0 fully saturated rings. The van der Waals surface area contributed by atoms with Crippen molar-refractivity contribution in [3.05, 3.63) is 29.3 Å². The van der Waals surface area contributed by atoms with Gasteiger partial charge < -0.3 is 15.8 Å². The van der Waals surface area contributed by atoms with Gasteiger partial charge in [0.05, 0.1) is 6.61 Å². The van der Waals surface area contributed by atoms with Gasteiger partial charge in [-0.25, -0.2) is 0 Å². The summed E-state index contributed by atoms with van der Waals surface area (Å²) in [5.74, 6) is 1.06. The Balaban J connectivity index is 2.17. The van der Waals surface area contributed by atoms with Crippen LogP contribution in [-0.2, 0) is 11.2 Å². The molecule has 0 spiro atoms. The lowest BCUT2D eigenvalue weighted by atomic mass is 10.0. The number of amides is 1. The van der Waals surface area contributed by atoms with Crippen molar-refractivity contribution in [3.63, 3.8) is 0 Å². The van der Waals surface area contributed by atoms with E-state index in [0.29, 0.717) is 5.92 Å².